The SMILES string of the molecule is NP1(Oc2ccccc2)=N[P+](N)(N)N[P+](N)(Oc2ccccc2)N1. The number of para-hydroxylation sites is 2. The lowest BCUT2D eigenvalue weighted by molar-refractivity contribution is 0.566. The van der Waals surface area contributed by atoms with Crippen LogP contribution in [0, 0.1) is 0 Å². The summed E-state index contributed by atoms with van der Waals surface area (Å²) in [7, 11) is -8.96. The second-order valence-electron chi connectivity index (χ2n) is 5.12. The van der Waals surface area contributed by atoms with Crippen molar-refractivity contribution < 1.29 is 9.05 Å². The summed E-state index contributed by atoms with van der Waals surface area (Å²) in [6.07, 6.45) is 0. The average Bonchev–Trinajstić information content (AvgIpc) is 2.45. The number of nitrogens with one attached hydrogen (secondary N) is 2. The Morgan fingerprint density at radius 3 is 2.00 bits per heavy atom. The lowest BCUT2D eigenvalue weighted by Crippen LogP contribution is -2.44. The van der Waals surface area contributed by atoms with Crippen molar-refractivity contribution in [3.8, 4) is 11.5 Å². The number of nitrogens with zero attached hydrogens (tertiary/aromatic N) is 1. The molecule has 1 heterocycles. The van der Waals surface area contributed by atoms with Crippen molar-refractivity contribution in [2.24, 2.45) is 26.5 Å². The van der Waals surface area contributed by atoms with Crippen molar-refractivity contribution in [1.82, 2.24) is 9.72 Å². The number of rotatable bonds is 4. The minimum atomic E-state index is -3.05. The molecule has 128 valence electrons. The van der Waals surface area contributed by atoms with E-state index in [1.54, 1.807) is 24.3 Å². The van der Waals surface area contributed by atoms with E-state index in [4.69, 9.17) is 31.1 Å². The highest BCUT2D eigenvalue weighted by atomic mass is 31.3. The molecule has 0 saturated heterocycles. The van der Waals surface area contributed by atoms with Gasteiger partial charge in [-0.15, -0.1) is 5.50 Å². The second kappa shape index (κ2) is 6.65. The molecule has 0 spiro atoms. The van der Waals surface area contributed by atoms with Gasteiger partial charge in [-0.25, -0.2) is 5.50 Å². The first-order valence-corrected chi connectivity index (χ1v) is 12.3. The number of hydrogen-bond donors (Lipinski definition) is 6. The van der Waals surface area contributed by atoms with Crippen LogP contribution in [0.3, 0.4) is 0 Å². The van der Waals surface area contributed by atoms with E-state index in [0.29, 0.717) is 11.5 Å². The predicted octanol–water partition coefficient (Wildman–Crippen LogP) is 2.47. The van der Waals surface area contributed by atoms with Gasteiger partial charge in [0.25, 0.3) is 0 Å². The van der Waals surface area contributed by atoms with Crippen LogP contribution in [0.15, 0.2) is 65.2 Å². The van der Waals surface area contributed by atoms with Crippen LogP contribution >= 0.6 is 23.4 Å². The predicted molar refractivity (Wildman–Crippen MR) is 100 cm³/mol. The molecule has 0 radical (unpaired) electrons. The quantitative estimate of drug-likeness (QED) is 0.437. The summed E-state index contributed by atoms with van der Waals surface area (Å²) in [4.78, 5) is 5.86. The van der Waals surface area contributed by atoms with E-state index in [1.807, 2.05) is 36.4 Å². The lowest BCUT2D eigenvalue weighted by atomic mass is 10.3. The molecule has 0 bridgehead atoms. The molecule has 0 saturated carbocycles. The van der Waals surface area contributed by atoms with Crippen LogP contribution in [0.25, 0.3) is 0 Å². The molecule has 2 aromatic rings. The van der Waals surface area contributed by atoms with Crippen molar-refractivity contribution >= 4 is 23.4 Å². The Balaban J connectivity index is 1.89. The molecule has 0 aromatic heterocycles. The van der Waals surface area contributed by atoms with E-state index >= 15 is 0 Å². The largest absolute Gasteiger partial charge is 0.452 e. The maximum Gasteiger partial charge on any atom is 0.452 e. The molecule has 2 aromatic carbocycles. The first-order chi connectivity index (χ1) is 11.3. The first-order valence-electron chi connectivity index (χ1n) is 6.92. The Kier molecular flexibility index (Phi) is 4.91. The van der Waals surface area contributed by atoms with E-state index < -0.39 is 23.4 Å². The monoisotopic (exact) mass is 387 g/mol. The zero-order chi connectivity index (χ0) is 17.3. The fourth-order valence-electron chi connectivity index (χ4n) is 2.10. The molecule has 1 aliphatic heterocycles. The second-order valence-corrected chi connectivity index (χ2v) is 11.8. The Morgan fingerprint density at radius 1 is 0.875 bits per heavy atom. The summed E-state index contributed by atoms with van der Waals surface area (Å²) < 4.78 is 15.9. The maximum atomic E-state index is 6.34. The molecule has 1 aliphatic rings. The van der Waals surface area contributed by atoms with Gasteiger partial charge in [0.05, 0.1) is 4.86 Å². The third-order valence-corrected chi connectivity index (χ3v) is 10.9. The Morgan fingerprint density at radius 2 is 1.42 bits per heavy atom. The highest BCUT2D eigenvalue weighted by Crippen LogP contribution is 2.68. The molecule has 0 amide bonds. The summed E-state index contributed by atoms with van der Waals surface area (Å²) in [5.74, 6) is 1.10. The third-order valence-electron chi connectivity index (χ3n) is 2.86. The van der Waals surface area contributed by atoms with Crippen molar-refractivity contribution in [1.29, 1.82) is 0 Å². The van der Waals surface area contributed by atoms with Crippen LogP contribution in [0.2, 0.25) is 0 Å². The van der Waals surface area contributed by atoms with Gasteiger partial charge < -0.3 is 4.52 Å². The van der Waals surface area contributed by atoms with Crippen LogP contribution in [0.1, 0.15) is 0 Å². The number of hydrogen-bond acceptors (Lipinski definition) is 9. The summed E-state index contributed by atoms with van der Waals surface area (Å²) in [5, 5.41) is 0. The van der Waals surface area contributed by atoms with Gasteiger partial charge in [-0.3, -0.25) is 4.52 Å². The van der Waals surface area contributed by atoms with Crippen LogP contribution in [-0.4, -0.2) is 0 Å². The standard InChI is InChI=1S/C12H20N7O2P3/c13-22(14)17-23(15,20-11-7-3-1-4-8-11)19-24(16,18-22)21-12-9-5-2-6-10-12/h1-10,17,19H,13-16H2/q+2. The van der Waals surface area contributed by atoms with Gasteiger partial charge in [-0.2, -0.15) is 11.0 Å². The van der Waals surface area contributed by atoms with Crippen molar-refractivity contribution in [3.63, 3.8) is 0 Å². The molecule has 12 heteroatoms. The maximum absolute atomic E-state index is 6.34. The molecule has 24 heavy (non-hydrogen) atoms. The van der Waals surface area contributed by atoms with Gasteiger partial charge in [0.1, 0.15) is 5.75 Å². The minimum absolute atomic E-state index is 0.540. The lowest BCUT2D eigenvalue weighted by Gasteiger charge is -2.30. The van der Waals surface area contributed by atoms with Crippen molar-refractivity contribution in [2.75, 3.05) is 0 Å². The molecule has 0 aliphatic carbocycles. The van der Waals surface area contributed by atoms with Gasteiger partial charge in [0.2, 0.25) is 0 Å². The van der Waals surface area contributed by atoms with Crippen molar-refractivity contribution in [3.05, 3.63) is 60.7 Å². The van der Waals surface area contributed by atoms with E-state index in [-0.39, 0.29) is 0 Å². The molecule has 0 fully saturated rings. The Hall–Kier alpha value is -1.11. The van der Waals surface area contributed by atoms with E-state index in [0.717, 1.165) is 0 Å². The molecular weight excluding hydrogens is 367 g/mol. The van der Waals surface area contributed by atoms with Gasteiger partial charge in [-0.1, -0.05) is 36.4 Å². The van der Waals surface area contributed by atoms with Gasteiger partial charge in [0, 0.05) is 0 Å². The fourth-order valence-corrected chi connectivity index (χ4v) is 10.6. The summed E-state index contributed by atoms with van der Waals surface area (Å²) in [6.45, 7) is 0. The fraction of sp³-hybridized carbons (Fsp3) is 0. The molecule has 2 atom stereocenters. The smallest absolute Gasteiger partial charge is 0.432 e. The van der Waals surface area contributed by atoms with Crippen LogP contribution < -0.4 is 40.8 Å². The Labute approximate surface area is 141 Å². The molecule has 3 rings (SSSR count). The average molecular weight is 387 g/mol. The van der Waals surface area contributed by atoms with E-state index in [1.165, 1.54) is 0 Å². The van der Waals surface area contributed by atoms with Crippen LogP contribution in [-0.2, 0) is 0 Å². The highest BCUT2D eigenvalue weighted by molar-refractivity contribution is 7.91. The molecule has 2 unspecified atom stereocenters. The molecule has 10 N–H and O–H groups in total. The minimum Gasteiger partial charge on any atom is -0.432 e. The molecular formula is C12H20N7O2P3+2. The normalized spacial score (nSPS) is 28.7. The van der Waals surface area contributed by atoms with Crippen LogP contribution in [0.5, 0.6) is 11.5 Å². The van der Waals surface area contributed by atoms with Crippen LogP contribution in [0.4, 0.5) is 0 Å². The Bertz CT molecular complexity index is 762. The topological polar surface area (TPSA) is 159 Å². The van der Waals surface area contributed by atoms with Gasteiger partial charge >= 0.3 is 23.4 Å². The van der Waals surface area contributed by atoms with E-state index in [2.05, 4.69) is 14.2 Å². The third kappa shape index (κ3) is 4.49. The molecule has 9 nitrogen and oxygen atoms in total. The zero-order valence-corrected chi connectivity index (χ0v) is 15.4. The van der Waals surface area contributed by atoms with Gasteiger partial charge in [0.15, 0.2) is 5.75 Å². The number of benzene rings is 2. The summed E-state index contributed by atoms with van der Waals surface area (Å²) in [5.41, 5.74) is 24.7. The number of nitrogens with two attached hydrogens (primary N) is 4. The van der Waals surface area contributed by atoms with Crippen molar-refractivity contribution in [2.45, 2.75) is 0 Å². The highest BCUT2D eigenvalue weighted by Gasteiger charge is 2.60. The van der Waals surface area contributed by atoms with E-state index in [9.17, 15) is 0 Å². The zero-order valence-electron chi connectivity index (χ0n) is 12.7. The summed E-state index contributed by atoms with van der Waals surface area (Å²) >= 11 is 0. The first kappa shape index (κ1) is 17.7. The van der Waals surface area contributed by atoms with Gasteiger partial charge in [-0.05, 0) is 33.6 Å². The summed E-state index contributed by atoms with van der Waals surface area (Å²) in [6, 6.07) is 18.1.